The van der Waals surface area contributed by atoms with Gasteiger partial charge < -0.3 is 9.84 Å². The summed E-state index contributed by atoms with van der Waals surface area (Å²) in [5.74, 6) is -0.0618. The summed E-state index contributed by atoms with van der Waals surface area (Å²) in [7, 11) is 0. The van der Waals surface area contributed by atoms with E-state index in [0.717, 1.165) is 19.3 Å². The maximum Gasteiger partial charge on any atom is 0.369 e. The second kappa shape index (κ2) is 18.4. The minimum Gasteiger partial charge on any atom is -0.481 e. The Morgan fingerprint density at radius 2 is 1.41 bits per heavy atom. The molecule has 7 heteroatoms. The molecule has 0 rings (SSSR count). The number of rotatable bonds is 19. The highest BCUT2D eigenvalue weighted by atomic mass is 16.7. The van der Waals surface area contributed by atoms with Gasteiger partial charge in [0.1, 0.15) is 0 Å². The Bertz CT molecular complexity index is 455. The number of carboxylic acids is 1. The SMILES string of the molecule is CCCCCCCCCCCCOC(=O)CCC(CC(CC)C(=O)O)C(=O)O[NH3+]. The van der Waals surface area contributed by atoms with E-state index in [2.05, 4.69) is 17.7 Å². The molecule has 0 aromatic carbocycles. The molecule has 0 aromatic rings. The van der Waals surface area contributed by atoms with Crippen molar-refractivity contribution in [3.05, 3.63) is 0 Å². The third kappa shape index (κ3) is 14.9. The number of hydrogen-bond acceptors (Lipinski definition) is 5. The predicted molar refractivity (Wildman–Crippen MR) is 111 cm³/mol. The summed E-state index contributed by atoms with van der Waals surface area (Å²) < 4.78 is 5.23. The predicted octanol–water partition coefficient (Wildman–Crippen LogP) is 4.05. The van der Waals surface area contributed by atoms with Crippen molar-refractivity contribution >= 4 is 17.9 Å². The minimum absolute atomic E-state index is 0.0770. The lowest BCUT2D eigenvalue weighted by Gasteiger charge is -2.16. The molecule has 0 spiro atoms. The van der Waals surface area contributed by atoms with Gasteiger partial charge in [0.25, 0.3) is 0 Å². The molecule has 7 nitrogen and oxygen atoms in total. The summed E-state index contributed by atoms with van der Waals surface area (Å²) in [4.78, 5) is 39.4. The van der Waals surface area contributed by atoms with Crippen molar-refractivity contribution in [2.24, 2.45) is 11.8 Å². The van der Waals surface area contributed by atoms with Gasteiger partial charge in [-0.1, -0.05) is 71.6 Å². The number of quaternary nitrogens is 1. The second-order valence-electron chi connectivity index (χ2n) is 7.78. The highest BCUT2D eigenvalue weighted by Gasteiger charge is 2.28. The average molecular weight is 417 g/mol. The van der Waals surface area contributed by atoms with Gasteiger partial charge in [-0.2, -0.15) is 5.90 Å². The molecule has 0 aliphatic heterocycles. The summed E-state index contributed by atoms with van der Waals surface area (Å²) in [5, 5.41) is 9.16. The Morgan fingerprint density at radius 3 is 1.90 bits per heavy atom. The molecule has 0 saturated carbocycles. The number of hydrogen-bond donors (Lipinski definition) is 2. The van der Waals surface area contributed by atoms with Crippen LogP contribution in [0.15, 0.2) is 0 Å². The zero-order valence-corrected chi connectivity index (χ0v) is 18.5. The molecular formula is C22H42NO6+. The molecule has 29 heavy (non-hydrogen) atoms. The second-order valence-corrected chi connectivity index (χ2v) is 7.78. The number of aliphatic carboxylic acids is 1. The van der Waals surface area contributed by atoms with Crippen LogP contribution in [0.4, 0.5) is 0 Å². The molecule has 0 bridgehead atoms. The van der Waals surface area contributed by atoms with E-state index in [9.17, 15) is 14.4 Å². The summed E-state index contributed by atoms with van der Waals surface area (Å²) in [5.41, 5.74) is 0. The lowest BCUT2D eigenvalue weighted by Crippen LogP contribution is -2.52. The van der Waals surface area contributed by atoms with Gasteiger partial charge in [0, 0.05) is 6.42 Å². The van der Waals surface area contributed by atoms with E-state index in [1.807, 2.05) is 0 Å². The van der Waals surface area contributed by atoms with Crippen LogP contribution in [0.5, 0.6) is 0 Å². The Hall–Kier alpha value is -1.63. The monoisotopic (exact) mass is 416 g/mol. The first-order valence-corrected chi connectivity index (χ1v) is 11.3. The maximum absolute atomic E-state index is 11.9. The normalized spacial score (nSPS) is 12.9. The largest absolute Gasteiger partial charge is 0.481 e. The van der Waals surface area contributed by atoms with Crippen LogP contribution in [-0.4, -0.2) is 29.6 Å². The van der Waals surface area contributed by atoms with Gasteiger partial charge in [0.05, 0.1) is 18.4 Å². The van der Waals surface area contributed by atoms with Crippen LogP contribution in [-0.2, 0) is 24.0 Å². The van der Waals surface area contributed by atoms with Crippen LogP contribution in [0.1, 0.15) is 104 Å². The number of unbranched alkanes of at least 4 members (excludes halogenated alkanes) is 9. The molecule has 0 aliphatic rings. The van der Waals surface area contributed by atoms with Gasteiger partial charge in [-0.25, -0.2) is 4.79 Å². The van der Waals surface area contributed by atoms with E-state index >= 15 is 0 Å². The molecule has 0 amide bonds. The zero-order valence-electron chi connectivity index (χ0n) is 18.5. The third-order valence-corrected chi connectivity index (χ3v) is 5.34. The summed E-state index contributed by atoms with van der Waals surface area (Å²) in [6, 6.07) is 0. The zero-order chi connectivity index (χ0) is 21.9. The number of esters is 1. The minimum atomic E-state index is -0.946. The summed E-state index contributed by atoms with van der Waals surface area (Å²) in [6.07, 6.45) is 13.0. The number of carboxylic acid groups (broad SMARTS) is 1. The summed E-state index contributed by atoms with van der Waals surface area (Å²) >= 11 is 0. The van der Waals surface area contributed by atoms with Gasteiger partial charge >= 0.3 is 17.9 Å². The smallest absolute Gasteiger partial charge is 0.369 e. The van der Waals surface area contributed by atoms with Crippen molar-refractivity contribution in [3.63, 3.8) is 0 Å². The molecule has 2 unspecified atom stereocenters. The molecule has 0 radical (unpaired) electrons. The fraction of sp³-hybridized carbons (Fsp3) is 0.864. The molecule has 2 atom stereocenters. The lowest BCUT2D eigenvalue weighted by atomic mass is 9.89. The lowest BCUT2D eigenvalue weighted by molar-refractivity contribution is -0.658. The van der Waals surface area contributed by atoms with E-state index in [-0.39, 0.29) is 25.2 Å². The molecule has 0 heterocycles. The number of carbonyl (C=O) groups excluding carboxylic acids is 2. The van der Waals surface area contributed by atoms with Gasteiger partial charge in [-0.3, -0.25) is 14.4 Å². The van der Waals surface area contributed by atoms with Crippen LogP contribution in [0.25, 0.3) is 0 Å². The average Bonchev–Trinajstić information content (AvgIpc) is 2.71. The van der Waals surface area contributed by atoms with Crippen LogP contribution in [0.2, 0.25) is 0 Å². The highest BCUT2D eigenvalue weighted by Crippen LogP contribution is 2.22. The molecular weight excluding hydrogens is 374 g/mol. The van der Waals surface area contributed by atoms with Gasteiger partial charge in [0.2, 0.25) is 0 Å². The van der Waals surface area contributed by atoms with Crippen LogP contribution in [0, 0.1) is 11.8 Å². The molecule has 4 N–H and O–H groups in total. The Labute approximate surface area is 175 Å². The topological polar surface area (TPSA) is 118 Å². The number of carbonyl (C=O) groups is 3. The third-order valence-electron chi connectivity index (χ3n) is 5.34. The Balaban J connectivity index is 3.88. The molecule has 0 aliphatic carbocycles. The first-order chi connectivity index (χ1) is 14.0. The van der Waals surface area contributed by atoms with Crippen LogP contribution < -0.4 is 5.90 Å². The Morgan fingerprint density at radius 1 is 0.862 bits per heavy atom. The van der Waals surface area contributed by atoms with Crippen molar-refractivity contribution in [1.82, 2.24) is 0 Å². The van der Waals surface area contributed by atoms with E-state index in [4.69, 9.17) is 9.84 Å². The van der Waals surface area contributed by atoms with Crippen molar-refractivity contribution in [2.45, 2.75) is 104 Å². The fourth-order valence-electron chi connectivity index (χ4n) is 3.38. The quantitative estimate of drug-likeness (QED) is 0.186. The van der Waals surface area contributed by atoms with E-state index in [0.29, 0.717) is 13.0 Å². The Kier molecular flexibility index (Phi) is 17.4. The molecule has 0 fully saturated rings. The van der Waals surface area contributed by atoms with E-state index in [1.165, 1.54) is 44.9 Å². The molecule has 170 valence electrons. The standard InChI is InChI=1S/C22H41NO6/c1-3-5-6-7-8-9-10-11-12-13-16-28-20(24)15-14-19(22(27)29-23)17-18(4-2)21(25)26/h18-19H,3-17H2,1-2,23H3/p+1. The van der Waals surface area contributed by atoms with Gasteiger partial charge in [-0.15, -0.1) is 0 Å². The highest BCUT2D eigenvalue weighted by molar-refractivity contribution is 5.76. The van der Waals surface area contributed by atoms with Crippen molar-refractivity contribution in [1.29, 1.82) is 0 Å². The van der Waals surface area contributed by atoms with E-state index < -0.39 is 23.8 Å². The van der Waals surface area contributed by atoms with Gasteiger partial charge in [-0.05, 0) is 25.7 Å². The van der Waals surface area contributed by atoms with Crippen molar-refractivity contribution in [3.8, 4) is 0 Å². The van der Waals surface area contributed by atoms with Gasteiger partial charge in [0.15, 0.2) is 0 Å². The number of ether oxygens (including phenoxy) is 1. The fourth-order valence-corrected chi connectivity index (χ4v) is 3.38. The van der Waals surface area contributed by atoms with Crippen molar-refractivity contribution in [2.75, 3.05) is 6.61 Å². The first-order valence-electron chi connectivity index (χ1n) is 11.3. The molecule has 0 saturated heterocycles. The summed E-state index contributed by atoms with van der Waals surface area (Å²) in [6.45, 7) is 4.38. The van der Waals surface area contributed by atoms with Crippen molar-refractivity contribution < 1.29 is 35.0 Å². The van der Waals surface area contributed by atoms with Crippen LogP contribution >= 0.6 is 0 Å². The maximum atomic E-state index is 11.9. The molecule has 0 aromatic heterocycles. The first kappa shape index (κ1) is 27.4. The van der Waals surface area contributed by atoms with E-state index in [1.54, 1.807) is 6.92 Å². The van der Waals surface area contributed by atoms with Crippen LogP contribution in [0.3, 0.4) is 0 Å².